The fourth-order valence-electron chi connectivity index (χ4n) is 5.81. The minimum Gasteiger partial charge on any atom is -0.481 e. The van der Waals surface area contributed by atoms with Crippen LogP contribution in [0, 0.1) is 0 Å². The van der Waals surface area contributed by atoms with E-state index in [1.807, 2.05) is 0 Å². The van der Waals surface area contributed by atoms with Gasteiger partial charge in [-0.25, -0.2) is 4.79 Å². The number of carboxylic acids is 3. The molecule has 3 amide bonds. The molecule has 0 aromatic carbocycles. The summed E-state index contributed by atoms with van der Waals surface area (Å²) >= 11 is 0. The van der Waals surface area contributed by atoms with Crippen LogP contribution >= 0.6 is 9.24 Å². The van der Waals surface area contributed by atoms with Gasteiger partial charge in [0, 0.05) is 37.9 Å². The van der Waals surface area contributed by atoms with E-state index in [0.29, 0.717) is 37.7 Å². The maximum atomic E-state index is 12.2. The number of nitrogens with two attached hydrogens (primary N) is 1. The fraction of sp³-hybridized carbons (Fsp3) is 0.829. The van der Waals surface area contributed by atoms with Gasteiger partial charge < -0.3 is 56.0 Å². The summed E-state index contributed by atoms with van der Waals surface area (Å²) in [7, 11) is 2.54. The highest BCUT2D eigenvalue weighted by Crippen LogP contribution is 2.15. The number of amides is 3. The number of aliphatic imine (C=N–C) groups is 1. The average molecular weight is 878 g/mol. The fourth-order valence-corrected chi connectivity index (χ4v) is 6.19. The number of rotatable bonds is 44. The molecule has 348 valence electrons. The molecule has 0 saturated heterocycles. The minimum absolute atomic E-state index is 0.0283. The lowest BCUT2D eigenvalue weighted by Crippen LogP contribution is -2.32. The Balaban J connectivity index is 3.70. The Morgan fingerprint density at radius 3 is 1.38 bits per heavy atom. The normalized spacial score (nSPS) is 12.5. The van der Waals surface area contributed by atoms with Crippen LogP contribution in [0.5, 0.6) is 0 Å². The monoisotopic (exact) mass is 878 g/mol. The van der Waals surface area contributed by atoms with Crippen LogP contribution in [0.25, 0.3) is 0 Å². The quantitative estimate of drug-likeness (QED) is 0.0261. The zero-order valence-electron chi connectivity index (χ0n) is 35.8. The predicted octanol–water partition coefficient (Wildman–Crippen LogP) is 3.82. The van der Waals surface area contributed by atoms with Crippen LogP contribution in [-0.2, 0) is 47.7 Å². The molecule has 0 aromatic rings. The SMILES string of the molecule is N[C@@H](CCCCNC(=O)COCCOCCNC(=O)COCCOCCNC(=O)CC[C@H](N=C(P)CCCCCCCCCCCCCCCCC(=O)O)C(=O)O)C(=O)O. The molecule has 0 aliphatic heterocycles. The molecule has 19 heteroatoms. The topological polar surface area (TPSA) is 274 Å². The molecule has 0 radical (unpaired) electrons. The van der Waals surface area contributed by atoms with E-state index in [9.17, 15) is 33.9 Å². The first kappa shape index (κ1) is 56.7. The van der Waals surface area contributed by atoms with Crippen LogP contribution in [0.15, 0.2) is 4.99 Å². The number of aliphatic carboxylic acids is 3. The van der Waals surface area contributed by atoms with Crippen molar-refractivity contribution in [3.05, 3.63) is 0 Å². The molecule has 1 unspecified atom stereocenters. The molecule has 0 bridgehead atoms. The molecule has 0 aromatic heterocycles. The molecule has 0 saturated carbocycles. The summed E-state index contributed by atoms with van der Waals surface area (Å²) in [4.78, 5) is 73.1. The van der Waals surface area contributed by atoms with Gasteiger partial charge in [0.15, 0.2) is 0 Å². The molecular weight excluding hydrogens is 801 g/mol. The van der Waals surface area contributed by atoms with Gasteiger partial charge in [-0.15, -0.1) is 0 Å². The van der Waals surface area contributed by atoms with E-state index in [1.54, 1.807) is 0 Å². The minimum atomic E-state index is -1.06. The molecular formula is C41H76N5O13P. The Hall–Kier alpha value is -3.28. The Morgan fingerprint density at radius 2 is 0.917 bits per heavy atom. The Labute approximate surface area is 358 Å². The summed E-state index contributed by atoms with van der Waals surface area (Å²) < 4.78 is 21.3. The van der Waals surface area contributed by atoms with Gasteiger partial charge in [-0.05, 0) is 44.9 Å². The second-order valence-electron chi connectivity index (χ2n) is 14.7. The second kappa shape index (κ2) is 41.1. The van der Waals surface area contributed by atoms with E-state index in [1.165, 1.54) is 51.4 Å². The molecule has 0 heterocycles. The van der Waals surface area contributed by atoms with E-state index in [2.05, 4.69) is 30.2 Å². The number of unbranched alkanes of at least 4 members (excludes halogenated alkanes) is 14. The zero-order valence-corrected chi connectivity index (χ0v) is 37.0. The van der Waals surface area contributed by atoms with Crippen molar-refractivity contribution in [3.8, 4) is 0 Å². The maximum Gasteiger partial charge on any atom is 0.328 e. The van der Waals surface area contributed by atoms with E-state index < -0.39 is 30.0 Å². The third kappa shape index (κ3) is 40.1. The number of ether oxygens (including phenoxy) is 4. The number of carbonyl (C=O) groups excluding carboxylic acids is 3. The Kier molecular flexibility index (Phi) is 38.8. The van der Waals surface area contributed by atoms with Gasteiger partial charge >= 0.3 is 17.9 Å². The summed E-state index contributed by atoms with van der Waals surface area (Å²) in [6.45, 7) is 1.99. The number of carboxylic acid groups (broad SMARTS) is 3. The van der Waals surface area contributed by atoms with Crippen LogP contribution in [0.3, 0.4) is 0 Å². The first-order chi connectivity index (χ1) is 28.9. The second-order valence-corrected chi connectivity index (χ2v) is 15.3. The third-order valence-electron chi connectivity index (χ3n) is 9.25. The lowest BCUT2D eigenvalue weighted by molar-refractivity contribution is -0.139. The van der Waals surface area contributed by atoms with Gasteiger partial charge in [0.1, 0.15) is 25.3 Å². The predicted molar refractivity (Wildman–Crippen MR) is 231 cm³/mol. The first-order valence-electron chi connectivity index (χ1n) is 21.8. The van der Waals surface area contributed by atoms with Gasteiger partial charge in [0.2, 0.25) is 17.7 Å². The lowest BCUT2D eigenvalue weighted by Gasteiger charge is -2.11. The van der Waals surface area contributed by atoms with Crippen LogP contribution in [0.1, 0.15) is 135 Å². The molecule has 0 fully saturated rings. The van der Waals surface area contributed by atoms with Gasteiger partial charge in [0.05, 0.1) is 39.6 Å². The van der Waals surface area contributed by atoms with Crippen molar-refractivity contribution in [2.45, 2.75) is 147 Å². The van der Waals surface area contributed by atoms with Gasteiger partial charge in [0.25, 0.3) is 0 Å². The van der Waals surface area contributed by atoms with Crippen LogP contribution < -0.4 is 21.7 Å². The van der Waals surface area contributed by atoms with Crippen LogP contribution in [0.4, 0.5) is 0 Å². The van der Waals surface area contributed by atoms with Crippen molar-refractivity contribution < 1.29 is 63.0 Å². The highest BCUT2D eigenvalue weighted by molar-refractivity contribution is 7.40. The number of hydrogen-bond donors (Lipinski definition) is 7. The Morgan fingerprint density at radius 1 is 0.483 bits per heavy atom. The van der Waals surface area contributed by atoms with E-state index in [-0.39, 0.29) is 103 Å². The van der Waals surface area contributed by atoms with Crippen molar-refractivity contribution in [1.29, 1.82) is 0 Å². The molecule has 3 atom stereocenters. The summed E-state index contributed by atoms with van der Waals surface area (Å²) in [5.41, 5.74) is 6.13. The van der Waals surface area contributed by atoms with Crippen LogP contribution in [0.2, 0.25) is 0 Å². The highest BCUT2D eigenvalue weighted by Gasteiger charge is 2.18. The summed E-state index contributed by atoms with van der Waals surface area (Å²) in [6.07, 6.45) is 18.6. The molecule has 8 N–H and O–H groups in total. The van der Waals surface area contributed by atoms with E-state index in [0.717, 1.165) is 38.5 Å². The Bertz CT molecular complexity index is 1200. The first-order valence-corrected chi connectivity index (χ1v) is 22.4. The van der Waals surface area contributed by atoms with Crippen molar-refractivity contribution >= 4 is 50.3 Å². The van der Waals surface area contributed by atoms with Gasteiger partial charge in [-0.1, -0.05) is 86.3 Å². The lowest BCUT2D eigenvalue weighted by atomic mass is 10.0. The molecule has 0 rings (SSSR count). The molecule has 0 aliphatic rings. The van der Waals surface area contributed by atoms with Crippen LogP contribution in [-0.4, -0.2) is 141 Å². The summed E-state index contributed by atoms with van der Waals surface area (Å²) in [6, 6.07) is -1.87. The smallest absolute Gasteiger partial charge is 0.328 e. The largest absolute Gasteiger partial charge is 0.481 e. The molecule has 0 spiro atoms. The van der Waals surface area contributed by atoms with E-state index >= 15 is 0 Å². The van der Waals surface area contributed by atoms with Crippen molar-refractivity contribution in [1.82, 2.24) is 16.0 Å². The van der Waals surface area contributed by atoms with Crippen molar-refractivity contribution in [3.63, 3.8) is 0 Å². The standard InChI is InChI=1S/C41H76N5O13P/c42-33(40(52)53)17-15-16-22-43-36(48)31-58-29-28-57-26-24-45-37(49)32-59-30-27-56-25-23-44-35(47)21-20-34(41(54)55)46-38(60)18-13-11-9-7-5-3-1-2-4-6-8-10-12-14-19-39(50)51/h33-34H,1-32,42,60H2,(H,43,48)(H,44,47)(H,45,49)(H,50,51)(H,52,53)(H,54,55)/t33-,34-/m0/s1. The van der Waals surface area contributed by atoms with Crippen molar-refractivity contribution in [2.24, 2.45) is 10.7 Å². The molecule has 18 nitrogen and oxygen atoms in total. The maximum absolute atomic E-state index is 12.2. The number of nitrogens with zero attached hydrogens (tertiary/aromatic N) is 1. The average Bonchev–Trinajstić information content (AvgIpc) is 3.20. The van der Waals surface area contributed by atoms with Crippen molar-refractivity contribution in [2.75, 3.05) is 72.5 Å². The zero-order chi connectivity index (χ0) is 44.5. The third-order valence-corrected chi connectivity index (χ3v) is 9.69. The number of nitrogens with one attached hydrogen (secondary N) is 3. The molecule has 60 heavy (non-hydrogen) atoms. The summed E-state index contributed by atoms with van der Waals surface area (Å²) in [5.74, 6) is -3.69. The number of hydrogen-bond acceptors (Lipinski definition) is 12. The van der Waals surface area contributed by atoms with E-state index in [4.69, 9.17) is 34.9 Å². The number of carbonyl (C=O) groups is 6. The molecule has 0 aliphatic carbocycles. The summed E-state index contributed by atoms with van der Waals surface area (Å²) in [5, 5.41) is 35.0. The van der Waals surface area contributed by atoms with Gasteiger partial charge in [-0.2, -0.15) is 0 Å². The highest BCUT2D eigenvalue weighted by atomic mass is 31.0. The van der Waals surface area contributed by atoms with Gasteiger partial charge in [-0.3, -0.25) is 29.0 Å².